The maximum atomic E-state index is 13.1. The van der Waals surface area contributed by atoms with Crippen molar-refractivity contribution < 1.29 is 23.0 Å². The molecule has 3 heterocycles. The number of fused-ring (bicyclic) bond motifs is 9. The first-order valence-electron chi connectivity index (χ1n) is 9.20. The van der Waals surface area contributed by atoms with E-state index in [4.69, 9.17) is 26.1 Å². The summed E-state index contributed by atoms with van der Waals surface area (Å²) in [5.41, 5.74) is 2.50. The Bertz CT molecular complexity index is 1130. The second-order valence-electron chi connectivity index (χ2n) is 6.88. The number of anilines is 1. The predicted molar refractivity (Wildman–Crippen MR) is 103 cm³/mol. The predicted octanol–water partition coefficient (Wildman–Crippen LogP) is 5.30. The standard InChI is InChI=1S/C20H16ClF2N3O3/c1-2-28-20(27)26-12-4-3-5-16(29-19(22)23)17(12)14-9-15(26)18-24-11-7-6-10(21)8-13(11)25(14)18/h3-8,14-15,19H,2,9H2,1H3/t14-,15-/m1/s1. The van der Waals surface area contributed by atoms with E-state index in [1.807, 2.05) is 4.57 Å². The van der Waals surface area contributed by atoms with E-state index >= 15 is 0 Å². The minimum atomic E-state index is -2.98. The number of hydrogen-bond acceptors (Lipinski definition) is 4. The number of halogens is 3. The molecule has 29 heavy (non-hydrogen) atoms. The Hall–Kier alpha value is -2.87. The van der Waals surface area contributed by atoms with Crippen LogP contribution >= 0.6 is 11.6 Å². The van der Waals surface area contributed by atoms with E-state index in [2.05, 4.69) is 0 Å². The maximum absolute atomic E-state index is 13.1. The third kappa shape index (κ3) is 2.66. The lowest BCUT2D eigenvalue weighted by molar-refractivity contribution is -0.0506. The molecule has 9 heteroatoms. The molecule has 0 unspecified atom stereocenters. The number of carbonyl (C=O) groups excluding carboxylic acids is 1. The van der Waals surface area contributed by atoms with Gasteiger partial charge in [-0.25, -0.2) is 9.78 Å². The molecule has 150 valence electrons. The summed E-state index contributed by atoms with van der Waals surface area (Å²) in [6.07, 6.45) is -0.0647. The minimum Gasteiger partial charge on any atom is -0.449 e. The fourth-order valence-corrected chi connectivity index (χ4v) is 4.57. The van der Waals surface area contributed by atoms with Crippen molar-refractivity contribution in [1.29, 1.82) is 0 Å². The number of nitrogens with zero attached hydrogens (tertiary/aromatic N) is 3. The first kappa shape index (κ1) is 18.2. The Morgan fingerprint density at radius 3 is 2.90 bits per heavy atom. The van der Waals surface area contributed by atoms with Gasteiger partial charge in [0.05, 0.1) is 29.4 Å². The molecule has 0 fully saturated rings. The minimum absolute atomic E-state index is 0.0342. The summed E-state index contributed by atoms with van der Waals surface area (Å²) in [4.78, 5) is 19.0. The molecule has 0 spiro atoms. The highest BCUT2D eigenvalue weighted by molar-refractivity contribution is 6.31. The van der Waals surface area contributed by atoms with Crippen LogP contribution in [0, 0.1) is 0 Å². The van der Waals surface area contributed by atoms with Crippen molar-refractivity contribution in [2.24, 2.45) is 0 Å². The number of hydrogen-bond donors (Lipinski definition) is 0. The van der Waals surface area contributed by atoms with E-state index < -0.39 is 12.7 Å². The van der Waals surface area contributed by atoms with Crippen molar-refractivity contribution in [2.45, 2.75) is 32.0 Å². The van der Waals surface area contributed by atoms with Crippen LogP contribution in [-0.4, -0.2) is 28.9 Å². The smallest absolute Gasteiger partial charge is 0.414 e. The SMILES string of the molecule is CCOC(=O)N1c2cccc(OC(F)F)c2[C@H]2C[C@@H]1c1nc3ccc(Cl)cc3n12. The molecule has 5 rings (SSSR count). The molecule has 6 nitrogen and oxygen atoms in total. The quantitative estimate of drug-likeness (QED) is 0.578. The van der Waals surface area contributed by atoms with Gasteiger partial charge >= 0.3 is 12.7 Å². The Labute approximate surface area is 169 Å². The topological polar surface area (TPSA) is 56.6 Å². The number of ether oxygens (including phenoxy) is 2. The third-order valence-corrected chi connectivity index (χ3v) is 5.60. The van der Waals surface area contributed by atoms with Crippen molar-refractivity contribution in [1.82, 2.24) is 9.55 Å². The van der Waals surface area contributed by atoms with Crippen LogP contribution in [-0.2, 0) is 4.74 Å². The third-order valence-electron chi connectivity index (χ3n) is 5.36. The molecule has 2 bridgehead atoms. The number of rotatable bonds is 3. The monoisotopic (exact) mass is 419 g/mol. The van der Waals surface area contributed by atoms with Gasteiger partial charge in [-0.2, -0.15) is 8.78 Å². The number of amides is 1. The molecule has 1 aromatic heterocycles. The van der Waals surface area contributed by atoms with Crippen molar-refractivity contribution >= 4 is 34.4 Å². The lowest BCUT2D eigenvalue weighted by Gasteiger charge is -2.34. The van der Waals surface area contributed by atoms with Crippen LogP contribution in [0.1, 0.15) is 36.8 Å². The van der Waals surface area contributed by atoms with Crippen LogP contribution < -0.4 is 9.64 Å². The van der Waals surface area contributed by atoms with Crippen LogP contribution in [0.3, 0.4) is 0 Å². The van der Waals surface area contributed by atoms with Crippen LogP contribution in [0.4, 0.5) is 19.3 Å². The average Bonchev–Trinajstić information content (AvgIpc) is 3.18. The van der Waals surface area contributed by atoms with Gasteiger partial charge in [0.2, 0.25) is 0 Å². The molecule has 3 aromatic rings. The lowest BCUT2D eigenvalue weighted by Crippen LogP contribution is -2.37. The molecule has 2 atom stereocenters. The van der Waals surface area contributed by atoms with Gasteiger partial charge in [0, 0.05) is 17.0 Å². The van der Waals surface area contributed by atoms with E-state index in [9.17, 15) is 13.6 Å². The zero-order valence-electron chi connectivity index (χ0n) is 15.3. The van der Waals surface area contributed by atoms with E-state index in [0.29, 0.717) is 28.5 Å². The Balaban J connectivity index is 1.78. The molecule has 0 N–H and O–H groups in total. The summed E-state index contributed by atoms with van der Waals surface area (Å²) in [5.74, 6) is 0.700. The van der Waals surface area contributed by atoms with Crippen molar-refractivity contribution in [3.63, 3.8) is 0 Å². The molecule has 2 aromatic carbocycles. The van der Waals surface area contributed by atoms with Crippen molar-refractivity contribution in [2.75, 3.05) is 11.5 Å². The Morgan fingerprint density at radius 2 is 2.14 bits per heavy atom. The highest BCUT2D eigenvalue weighted by atomic mass is 35.5. The van der Waals surface area contributed by atoms with Crippen molar-refractivity contribution in [3.8, 4) is 5.75 Å². The molecule has 2 aliphatic heterocycles. The number of carbonyl (C=O) groups is 1. The van der Waals surface area contributed by atoms with Gasteiger partial charge in [0.1, 0.15) is 17.6 Å². The Kier molecular flexibility index (Phi) is 4.13. The van der Waals surface area contributed by atoms with E-state index in [1.165, 1.54) is 11.0 Å². The number of benzene rings is 2. The first-order valence-corrected chi connectivity index (χ1v) is 9.58. The summed E-state index contributed by atoms with van der Waals surface area (Å²) in [5, 5.41) is 0.543. The fraction of sp³-hybridized carbons (Fsp3) is 0.300. The van der Waals surface area contributed by atoms with Gasteiger partial charge in [0.25, 0.3) is 0 Å². The first-order chi connectivity index (χ1) is 14.0. The fourth-order valence-electron chi connectivity index (χ4n) is 4.40. The molecular weight excluding hydrogens is 404 g/mol. The average molecular weight is 420 g/mol. The summed E-state index contributed by atoms with van der Waals surface area (Å²) in [6, 6.07) is 9.43. The summed E-state index contributed by atoms with van der Waals surface area (Å²) in [7, 11) is 0. The van der Waals surface area contributed by atoms with Gasteiger partial charge in [-0.3, -0.25) is 4.90 Å². The molecule has 0 aliphatic carbocycles. The molecule has 0 saturated heterocycles. The van der Waals surface area contributed by atoms with Gasteiger partial charge in [-0.1, -0.05) is 17.7 Å². The molecule has 1 amide bonds. The number of imidazole rings is 1. The van der Waals surface area contributed by atoms with Crippen LogP contribution in [0.25, 0.3) is 11.0 Å². The number of alkyl halides is 2. The van der Waals surface area contributed by atoms with E-state index in [0.717, 1.165) is 11.0 Å². The molecular formula is C20H16ClF2N3O3. The zero-order valence-corrected chi connectivity index (χ0v) is 16.1. The van der Waals surface area contributed by atoms with Gasteiger partial charge in [-0.15, -0.1) is 0 Å². The molecule has 0 radical (unpaired) electrons. The summed E-state index contributed by atoms with van der Waals surface area (Å²) >= 11 is 6.19. The Morgan fingerprint density at radius 1 is 1.31 bits per heavy atom. The zero-order chi connectivity index (χ0) is 20.3. The maximum Gasteiger partial charge on any atom is 0.414 e. The van der Waals surface area contributed by atoms with Crippen LogP contribution in [0.15, 0.2) is 36.4 Å². The molecule has 0 saturated carbocycles. The highest BCUT2D eigenvalue weighted by Gasteiger charge is 2.48. The van der Waals surface area contributed by atoms with Crippen LogP contribution in [0.2, 0.25) is 5.02 Å². The van der Waals surface area contributed by atoms with Gasteiger partial charge < -0.3 is 14.0 Å². The second-order valence-corrected chi connectivity index (χ2v) is 7.31. The second kappa shape index (κ2) is 6.59. The van der Waals surface area contributed by atoms with Crippen molar-refractivity contribution in [3.05, 3.63) is 52.8 Å². The summed E-state index contributed by atoms with van der Waals surface area (Å²) in [6.45, 7) is -1.07. The normalized spacial score (nSPS) is 19.4. The van der Waals surface area contributed by atoms with Crippen LogP contribution in [0.5, 0.6) is 5.75 Å². The van der Waals surface area contributed by atoms with E-state index in [-0.39, 0.29) is 24.4 Å². The molecule has 2 aliphatic rings. The lowest BCUT2D eigenvalue weighted by atomic mass is 9.93. The summed E-state index contributed by atoms with van der Waals surface area (Å²) < 4.78 is 38.2. The van der Waals surface area contributed by atoms with E-state index in [1.54, 1.807) is 37.3 Å². The van der Waals surface area contributed by atoms with Gasteiger partial charge in [-0.05, 0) is 37.3 Å². The van der Waals surface area contributed by atoms with Gasteiger partial charge in [0.15, 0.2) is 0 Å². The number of aromatic nitrogens is 2. The highest BCUT2D eigenvalue weighted by Crippen LogP contribution is 2.55. The largest absolute Gasteiger partial charge is 0.449 e.